The summed E-state index contributed by atoms with van der Waals surface area (Å²) in [5, 5.41) is 3.27. The summed E-state index contributed by atoms with van der Waals surface area (Å²) in [6.07, 6.45) is 2.49. The summed E-state index contributed by atoms with van der Waals surface area (Å²) < 4.78 is 14.1. The third kappa shape index (κ3) is 2.07. The van der Waals surface area contributed by atoms with E-state index in [1.54, 1.807) is 0 Å². The molecule has 1 fully saturated rings. The maximum absolute atomic E-state index is 14.1. The Hall–Kier alpha value is -1.22. The fourth-order valence-corrected chi connectivity index (χ4v) is 2.90. The Morgan fingerprint density at radius 1 is 1.44 bits per heavy atom. The number of carbonyl (C=O) groups is 1. The predicted octanol–water partition coefficient (Wildman–Crippen LogP) is 3.16. The first kappa shape index (κ1) is 13.2. The van der Waals surface area contributed by atoms with Crippen LogP contribution in [0.4, 0.5) is 4.39 Å². The Morgan fingerprint density at radius 2 is 2.17 bits per heavy atom. The Labute approximate surface area is 108 Å². The Balaban J connectivity index is 2.46. The molecule has 1 aromatic rings. The molecule has 0 saturated carbocycles. The van der Waals surface area contributed by atoms with Crippen molar-refractivity contribution in [1.82, 2.24) is 5.32 Å². The molecule has 1 aromatic carbocycles. The molecule has 2 rings (SSSR count). The molecular weight excluding hydrogens is 229 g/mol. The van der Waals surface area contributed by atoms with E-state index in [9.17, 15) is 9.18 Å². The average Bonchev–Trinajstić information content (AvgIpc) is 2.77. The van der Waals surface area contributed by atoms with E-state index in [1.165, 1.54) is 6.07 Å². The zero-order valence-corrected chi connectivity index (χ0v) is 11.3. The average molecular weight is 249 g/mol. The number of halogens is 1. The molecule has 1 unspecified atom stereocenters. The second kappa shape index (κ2) is 4.81. The third-order valence-corrected chi connectivity index (χ3v) is 3.94. The van der Waals surface area contributed by atoms with Crippen LogP contribution in [-0.4, -0.2) is 17.9 Å². The largest absolute Gasteiger partial charge is 0.305 e. The van der Waals surface area contributed by atoms with E-state index in [4.69, 9.17) is 0 Å². The zero-order chi connectivity index (χ0) is 13.3. The summed E-state index contributed by atoms with van der Waals surface area (Å²) in [7, 11) is 0. The van der Waals surface area contributed by atoms with E-state index in [-0.39, 0.29) is 17.2 Å². The quantitative estimate of drug-likeness (QED) is 0.834. The maximum Gasteiger partial charge on any atom is 0.186 e. The molecule has 1 aliphatic rings. The van der Waals surface area contributed by atoms with Crippen LogP contribution in [0.2, 0.25) is 0 Å². The van der Waals surface area contributed by atoms with E-state index >= 15 is 0 Å². The van der Waals surface area contributed by atoms with E-state index in [1.807, 2.05) is 26.8 Å². The van der Waals surface area contributed by atoms with Gasteiger partial charge in [0.2, 0.25) is 0 Å². The van der Waals surface area contributed by atoms with Crippen LogP contribution in [0.5, 0.6) is 0 Å². The molecule has 0 spiro atoms. The highest BCUT2D eigenvalue weighted by atomic mass is 19.1. The lowest BCUT2D eigenvalue weighted by Crippen LogP contribution is -2.47. The van der Waals surface area contributed by atoms with Crippen molar-refractivity contribution in [3.63, 3.8) is 0 Å². The van der Waals surface area contributed by atoms with Crippen molar-refractivity contribution in [1.29, 1.82) is 0 Å². The topological polar surface area (TPSA) is 29.1 Å². The molecule has 1 aliphatic heterocycles. The second-order valence-electron chi connectivity index (χ2n) is 5.23. The third-order valence-electron chi connectivity index (χ3n) is 3.94. The van der Waals surface area contributed by atoms with Crippen LogP contribution in [0.15, 0.2) is 12.1 Å². The van der Waals surface area contributed by atoms with Crippen LogP contribution in [0.1, 0.15) is 47.7 Å². The number of aryl methyl sites for hydroxylation is 2. The molecule has 1 saturated heterocycles. The first-order chi connectivity index (χ1) is 8.50. The first-order valence-corrected chi connectivity index (χ1v) is 6.57. The molecule has 0 amide bonds. The van der Waals surface area contributed by atoms with Crippen LogP contribution < -0.4 is 5.32 Å². The molecule has 0 radical (unpaired) electrons. The van der Waals surface area contributed by atoms with E-state index in [0.29, 0.717) is 6.42 Å². The van der Waals surface area contributed by atoms with Gasteiger partial charge in [0.15, 0.2) is 5.78 Å². The maximum atomic E-state index is 14.1. The van der Waals surface area contributed by atoms with Gasteiger partial charge in [-0.15, -0.1) is 0 Å². The molecule has 1 N–H and O–H groups in total. The minimum absolute atomic E-state index is 0.0856. The molecule has 0 bridgehead atoms. The molecule has 18 heavy (non-hydrogen) atoms. The van der Waals surface area contributed by atoms with Crippen LogP contribution >= 0.6 is 0 Å². The number of ketones is 1. The molecule has 3 heteroatoms. The number of hydrogen-bond donors (Lipinski definition) is 1. The van der Waals surface area contributed by atoms with Gasteiger partial charge in [-0.1, -0.05) is 13.0 Å². The highest BCUT2D eigenvalue weighted by Crippen LogP contribution is 2.30. The fraction of sp³-hybridized carbons (Fsp3) is 0.533. The first-order valence-electron chi connectivity index (χ1n) is 6.57. The monoisotopic (exact) mass is 249 g/mol. The normalized spacial score (nSPS) is 23.3. The van der Waals surface area contributed by atoms with Crippen LogP contribution in [0.3, 0.4) is 0 Å². The summed E-state index contributed by atoms with van der Waals surface area (Å²) in [4.78, 5) is 12.7. The SMILES string of the molecule is CCC1(C(=O)c2c(C)cc(C)cc2F)CCCN1. The molecule has 1 heterocycles. The van der Waals surface area contributed by atoms with E-state index in [0.717, 1.165) is 30.5 Å². The van der Waals surface area contributed by atoms with Crippen molar-refractivity contribution >= 4 is 5.78 Å². The van der Waals surface area contributed by atoms with Gasteiger partial charge in [-0.2, -0.15) is 0 Å². The molecule has 0 aliphatic carbocycles. The van der Waals surface area contributed by atoms with Gasteiger partial charge < -0.3 is 5.32 Å². The highest BCUT2D eigenvalue weighted by molar-refractivity contribution is 6.04. The standard InChI is InChI=1S/C15H20FNO/c1-4-15(6-5-7-17-15)14(18)13-11(3)8-10(2)9-12(13)16/h8-9,17H,4-7H2,1-3H3. The summed E-state index contributed by atoms with van der Waals surface area (Å²) in [6.45, 7) is 6.47. The predicted molar refractivity (Wildman–Crippen MR) is 70.5 cm³/mol. The molecule has 2 nitrogen and oxygen atoms in total. The Kier molecular flexibility index (Phi) is 3.53. The van der Waals surface area contributed by atoms with Gasteiger partial charge in [-0.3, -0.25) is 4.79 Å². The van der Waals surface area contributed by atoms with Crippen LogP contribution in [-0.2, 0) is 0 Å². The number of rotatable bonds is 3. The van der Waals surface area contributed by atoms with Gasteiger partial charge in [0.25, 0.3) is 0 Å². The van der Waals surface area contributed by atoms with Crippen molar-refractivity contribution in [2.24, 2.45) is 0 Å². The van der Waals surface area contributed by atoms with Gasteiger partial charge in [-0.05, 0) is 56.8 Å². The Morgan fingerprint density at radius 3 is 2.67 bits per heavy atom. The molecule has 98 valence electrons. The number of nitrogens with one attached hydrogen (secondary N) is 1. The van der Waals surface area contributed by atoms with Gasteiger partial charge in [-0.25, -0.2) is 4.39 Å². The van der Waals surface area contributed by atoms with Gasteiger partial charge >= 0.3 is 0 Å². The number of hydrogen-bond acceptors (Lipinski definition) is 2. The van der Waals surface area contributed by atoms with Crippen molar-refractivity contribution in [3.05, 3.63) is 34.6 Å². The second-order valence-corrected chi connectivity index (χ2v) is 5.23. The van der Waals surface area contributed by atoms with E-state index in [2.05, 4.69) is 5.32 Å². The van der Waals surface area contributed by atoms with Gasteiger partial charge in [0, 0.05) is 0 Å². The lowest BCUT2D eigenvalue weighted by molar-refractivity contribution is 0.0858. The van der Waals surface area contributed by atoms with Crippen molar-refractivity contribution in [3.8, 4) is 0 Å². The minimum atomic E-state index is -0.555. The van der Waals surface area contributed by atoms with Crippen molar-refractivity contribution in [2.75, 3.05) is 6.54 Å². The minimum Gasteiger partial charge on any atom is -0.305 e. The van der Waals surface area contributed by atoms with Crippen LogP contribution in [0, 0.1) is 19.7 Å². The van der Waals surface area contributed by atoms with Crippen LogP contribution in [0.25, 0.3) is 0 Å². The molecule has 0 aromatic heterocycles. The summed E-state index contributed by atoms with van der Waals surface area (Å²) >= 11 is 0. The fourth-order valence-electron chi connectivity index (χ4n) is 2.90. The van der Waals surface area contributed by atoms with Crippen molar-refractivity contribution < 1.29 is 9.18 Å². The van der Waals surface area contributed by atoms with Gasteiger partial charge in [0.05, 0.1) is 11.1 Å². The zero-order valence-electron chi connectivity index (χ0n) is 11.3. The summed E-state index contributed by atoms with van der Waals surface area (Å²) in [5.74, 6) is -0.475. The number of Topliss-reactive ketones (excluding diaryl/α,β-unsaturated/α-hetero) is 1. The highest BCUT2D eigenvalue weighted by Gasteiger charge is 2.41. The lowest BCUT2D eigenvalue weighted by Gasteiger charge is -2.27. The molecule has 1 atom stereocenters. The van der Waals surface area contributed by atoms with E-state index < -0.39 is 5.54 Å². The smallest absolute Gasteiger partial charge is 0.186 e. The number of benzene rings is 1. The number of carbonyl (C=O) groups excluding carboxylic acids is 1. The Bertz CT molecular complexity index is 452. The summed E-state index contributed by atoms with van der Waals surface area (Å²) in [6, 6.07) is 3.31. The van der Waals surface area contributed by atoms with Gasteiger partial charge in [0.1, 0.15) is 5.82 Å². The molecular formula is C15H20FNO. The summed E-state index contributed by atoms with van der Waals surface area (Å²) in [5.41, 5.74) is 1.29. The lowest BCUT2D eigenvalue weighted by atomic mass is 9.83. The van der Waals surface area contributed by atoms with Crippen molar-refractivity contribution in [2.45, 2.75) is 45.6 Å².